The highest BCUT2D eigenvalue weighted by Crippen LogP contribution is 2.27. The zero-order chi connectivity index (χ0) is 16.6. The molecule has 3 rings (SSSR count). The Hall–Kier alpha value is -2.64. The van der Waals surface area contributed by atoms with Gasteiger partial charge >= 0.3 is 0 Å². The van der Waals surface area contributed by atoms with Crippen LogP contribution >= 0.6 is 11.6 Å². The lowest BCUT2D eigenvalue weighted by Crippen LogP contribution is -2.36. The molecule has 0 bridgehead atoms. The van der Waals surface area contributed by atoms with Crippen molar-refractivity contribution in [1.29, 1.82) is 0 Å². The lowest BCUT2D eigenvalue weighted by atomic mass is 10.1. The molecule has 1 aromatic carbocycles. The highest BCUT2D eigenvalue weighted by molar-refractivity contribution is 6.30. The number of aromatic nitrogens is 3. The first kappa shape index (κ1) is 15.3. The lowest BCUT2D eigenvalue weighted by molar-refractivity contribution is -0.121. The fourth-order valence-corrected chi connectivity index (χ4v) is 2.59. The van der Waals surface area contributed by atoms with E-state index in [1.54, 1.807) is 23.7 Å². The van der Waals surface area contributed by atoms with E-state index in [0.29, 0.717) is 16.1 Å². The zero-order valence-electron chi connectivity index (χ0n) is 12.3. The molecular formula is C15H14ClN5O2. The van der Waals surface area contributed by atoms with Crippen LogP contribution in [0.1, 0.15) is 0 Å². The maximum Gasteiger partial charge on any atom is 0.278 e. The molecule has 23 heavy (non-hydrogen) atoms. The van der Waals surface area contributed by atoms with Gasteiger partial charge in [-0.1, -0.05) is 23.7 Å². The van der Waals surface area contributed by atoms with Crippen molar-refractivity contribution in [2.45, 2.75) is 6.54 Å². The molecule has 2 aromatic heterocycles. The van der Waals surface area contributed by atoms with E-state index in [2.05, 4.69) is 4.98 Å². The minimum atomic E-state index is -0.472. The number of hydrogen-bond donors (Lipinski definition) is 2. The van der Waals surface area contributed by atoms with Crippen molar-refractivity contribution in [2.24, 2.45) is 12.9 Å². The smallest absolute Gasteiger partial charge is 0.278 e. The Bertz CT molecular complexity index is 943. The summed E-state index contributed by atoms with van der Waals surface area (Å²) in [5.41, 5.74) is 4.41. The van der Waals surface area contributed by atoms with Crippen molar-refractivity contribution in [3.63, 3.8) is 0 Å². The second-order valence-corrected chi connectivity index (χ2v) is 5.54. The third-order valence-electron chi connectivity index (χ3n) is 3.57. The Morgan fingerprint density at radius 2 is 2.04 bits per heavy atom. The molecule has 0 aliphatic heterocycles. The van der Waals surface area contributed by atoms with E-state index in [0.717, 1.165) is 11.1 Å². The van der Waals surface area contributed by atoms with Crippen LogP contribution in [0.4, 0.5) is 0 Å². The average Bonchev–Trinajstić information content (AvgIpc) is 2.88. The van der Waals surface area contributed by atoms with Gasteiger partial charge in [0.05, 0.1) is 6.33 Å². The summed E-state index contributed by atoms with van der Waals surface area (Å²) in [5, 5.41) is 0.636. The van der Waals surface area contributed by atoms with E-state index < -0.39 is 5.91 Å². The van der Waals surface area contributed by atoms with Gasteiger partial charge in [0.15, 0.2) is 0 Å². The summed E-state index contributed by atoms with van der Waals surface area (Å²) in [4.78, 5) is 28.3. The number of amides is 1. The molecular weight excluding hydrogens is 318 g/mol. The first-order valence-electron chi connectivity index (χ1n) is 6.81. The van der Waals surface area contributed by atoms with E-state index in [1.807, 2.05) is 23.8 Å². The molecule has 7 nitrogen and oxygen atoms in total. The fourth-order valence-electron chi connectivity index (χ4n) is 2.47. The molecule has 8 heteroatoms. The first-order chi connectivity index (χ1) is 11.0. The molecule has 0 aliphatic carbocycles. The van der Waals surface area contributed by atoms with Crippen molar-refractivity contribution >= 4 is 28.5 Å². The summed E-state index contributed by atoms with van der Waals surface area (Å²) in [7, 11) is 1.76. The number of halogens is 1. The molecule has 0 radical (unpaired) electrons. The molecule has 2 heterocycles. The summed E-state index contributed by atoms with van der Waals surface area (Å²) in [6.45, 7) is -0.181. The Kier molecular flexibility index (Phi) is 3.89. The van der Waals surface area contributed by atoms with Crippen LogP contribution in [0.2, 0.25) is 5.02 Å². The standard InChI is InChI=1S/C15H14ClN5O2/c1-20-6-11(9-2-4-10(16)5-3-9)13-14(20)15(23)21(8-18-13)7-12(22)19-17/h2-6,8H,7,17H2,1H3,(H,19,22). The third-order valence-corrected chi connectivity index (χ3v) is 3.83. The van der Waals surface area contributed by atoms with Crippen molar-refractivity contribution < 1.29 is 4.79 Å². The van der Waals surface area contributed by atoms with Crippen LogP contribution in [0.5, 0.6) is 0 Å². The van der Waals surface area contributed by atoms with Crippen molar-refractivity contribution in [3.05, 3.63) is 52.2 Å². The van der Waals surface area contributed by atoms with Gasteiger partial charge in [-0.15, -0.1) is 0 Å². The van der Waals surface area contributed by atoms with Crippen LogP contribution in [-0.4, -0.2) is 20.0 Å². The predicted molar refractivity (Wildman–Crippen MR) is 87.8 cm³/mol. The maximum absolute atomic E-state index is 12.6. The van der Waals surface area contributed by atoms with Gasteiger partial charge in [0.1, 0.15) is 17.6 Å². The Morgan fingerprint density at radius 1 is 1.35 bits per heavy atom. The fraction of sp³-hybridized carbons (Fsp3) is 0.133. The SMILES string of the molecule is Cn1cc(-c2ccc(Cl)cc2)c2ncn(CC(=O)NN)c(=O)c21. The number of carbonyl (C=O) groups excluding carboxylic acids is 1. The number of hydrazine groups is 1. The Balaban J connectivity index is 2.17. The summed E-state index contributed by atoms with van der Waals surface area (Å²) in [6, 6.07) is 7.30. The van der Waals surface area contributed by atoms with Crippen molar-refractivity contribution in [3.8, 4) is 11.1 Å². The molecule has 0 saturated heterocycles. The molecule has 1 amide bonds. The summed E-state index contributed by atoms with van der Waals surface area (Å²) in [6.07, 6.45) is 3.18. The molecule has 0 saturated carbocycles. The van der Waals surface area contributed by atoms with Gasteiger partial charge in [-0.25, -0.2) is 10.8 Å². The van der Waals surface area contributed by atoms with Crippen LogP contribution in [0.15, 0.2) is 41.6 Å². The Morgan fingerprint density at radius 3 is 2.70 bits per heavy atom. The molecule has 3 N–H and O–H groups in total. The normalized spacial score (nSPS) is 10.9. The van der Waals surface area contributed by atoms with E-state index in [9.17, 15) is 9.59 Å². The average molecular weight is 332 g/mol. The van der Waals surface area contributed by atoms with Gasteiger partial charge in [0.25, 0.3) is 11.5 Å². The predicted octanol–water partition coefficient (Wildman–Crippen LogP) is 1.05. The molecule has 3 aromatic rings. The summed E-state index contributed by atoms with van der Waals surface area (Å²) >= 11 is 5.91. The second-order valence-electron chi connectivity index (χ2n) is 5.10. The quantitative estimate of drug-likeness (QED) is 0.426. The van der Waals surface area contributed by atoms with Crippen LogP contribution in [-0.2, 0) is 18.4 Å². The molecule has 0 unspecified atom stereocenters. The maximum atomic E-state index is 12.6. The topological polar surface area (TPSA) is 94.9 Å². The first-order valence-corrected chi connectivity index (χ1v) is 7.19. The number of nitrogens with one attached hydrogen (secondary N) is 1. The highest BCUT2D eigenvalue weighted by atomic mass is 35.5. The van der Waals surface area contributed by atoms with E-state index >= 15 is 0 Å². The van der Waals surface area contributed by atoms with E-state index in [4.69, 9.17) is 17.4 Å². The van der Waals surface area contributed by atoms with Gasteiger partial charge in [0, 0.05) is 23.8 Å². The number of hydrogen-bond acceptors (Lipinski definition) is 4. The van der Waals surface area contributed by atoms with Crippen LogP contribution < -0.4 is 16.8 Å². The summed E-state index contributed by atoms with van der Waals surface area (Å²) in [5.74, 6) is 4.58. The number of nitrogens with zero attached hydrogens (tertiary/aromatic N) is 3. The molecule has 0 fully saturated rings. The van der Waals surface area contributed by atoms with Gasteiger partial charge < -0.3 is 4.57 Å². The summed E-state index contributed by atoms with van der Waals surface area (Å²) < 4.78 is 2.92. The largest absolute Gasteiger partial charge is 0.344 e. The third kappa shape index (κ3) is 2.71. The van der Waals surface area contributed by atoms with Gasteiger partial charge in [-0.3, -0.25) is 19.6 Å². The monoisotopic (exact) mass is 331 g/mol. The molecule has 0 atom stereocenters. The van der Waals surface area contributed by atoms with Crippen molar-refractivity contribution in [2.75, 3.05) is 0 Å². The van der Waals surface area contributed by atoms with Crippen LogP contribution in [0.3, 0.4) is 0 Å². The van der Waals surface area contributed by atoms with Crippen LogP contribution in [0.25, 0.3) is 22.2 Å². The molecule has 118 valence electrons. The number of benzene rings is 1. The number of rotatable bonds is 3. The van der Waals surface area contributed by atoms with Gasteiger partial charge in [-0.2, -0.15) is 0 Å². The highest BCUT2D eigenvalue weighted by Gasteiger charge is 2.15. The minimum absolute atomic E-state index is 0.181. The van der Waals surface area contributed by atoms with Gasteiger partial charge in [-0.05, 0) is 17.7 Å². The molecule has 0 aliphatic rings. The number of nitrogens with two attached hydrogens (primary N) is 1. The van der Waals surface area contributed by atoms with Crippen molar-refractivity contribution in [1.82, 2.24) is 19.5 Å². The molecule has 0 spiro atoms. The minimum Gasteiger partial charge on any atom is -0.344 e. The second kappa shape index (κ2) is 5.86. The van der Waals surface area contributed by atoms with E-state index in [1.165, 1.54) is 10.9 Å². The number of fused-ring (bicyclic) bond motifs is 1. The number of carbonyl (C=O) groups is 1. The lowest BCUT2D eigenvalue weighted by Gasteiger charge is -2.05. The van der Waals surface area contributed by atoms with Gasteiger partial charge in [0.2, 0.25) is 0 Å². The van der Waals surface area contributed by atoms with Crippen LogP contribution in [0, 0.1) is 0 Å². The Labute approximate surface area is 136 Å². The zero-order valence-corrected chi connectivity index (χ0v) is 13.0. The number of aryl methyl sites for hydroxylation is 1. The van der Waals surface area contributed by atoms with E-state index in [-0.39, 0.29) is 12.1 Å².